The standard InChI is InChI=1S/C44H29NS/c1-2-12-32(13-3-1)36-15-6-8-18-40(36)45(35-25-23-31(24-26-35)34-22-21-30-11-4-5-14-33(30)29-34)41-19-10-17-38-37(41)27-28-43-44(38)39-16-7-9-20-42(39)46-43/h1-29H. The van der Waals surface area contributed by atoms with Crippen LogP contribution in [0.5, 0.6) is 0 Å². The first-order chi connectivity index (χ1) is 22.8. The largest absolute Gasteiger partial charge is 0.309 e. The van der Waals surface area contributed by atoms with Crippen molar-refractivity contribution in [2.45, 2.75) is 0 Å². The van der Waals surface area contributed by atoms with Crippen molar-refractivity contribution >= 4 is 70.1 Å². The van der Waals surface area contributed by atoms with Gasteiger partial charge in [0.2, 0.25) is 0 Å². The Morgan fingerprint density at radius 1 is 0.370 bits per heavy atom. The highest BCUT2D eigenvalue weighted by Crippen LogP contribution is 2.46. The highest BCUT2D eigenvalue weighted by atomic mass is 32.1. The summed E-state index contributed by atoms with van der Waals surface area (Å²) in [6.45, 7) is 0. The van der Waals surface area contributed by atoms with E-state index in [4.69, 9.17) is 0 Å². The maximum absolute atomic E-state index is 2.44. The quantitative estimate of drug-likeness (QED) is 0.189. The van der Waals surface area contributed by atoms with Crippen molar-refractivity contribution in [2.75, 3.05) is 4.90 Å². The molecule has 0 N–H and O–H groups in total. The second-order valence-electron chi connectivity index (χ2n) is 11.7. The van der Waals surface area contributed by atoms with Gasteiger partial charge in [-0.1, -0.05) is 133 Å². The van der Waals surface area contributed by atoms with Crippen LogP contribution in [-0.4, -0.2) is 0 Å². The van der Waals surface area contributed by atoms with Gasteiger partial charge in [0.05, 0.1) is 11.4 Å². The molecule has 216 valence electrons. The molecule has 0 fully saturated rings. The van der Waals surface area contributed by atoms with Crippen LogP contribution >= 0.6 is 11.3 Å². The van der Waals surface area contributed by atoms with Gasteiger partial charge in [-0.05, 0) is 75.3 Å². The molecule has 9 rings (SSSR count). The molecule has 0 aliphatic carbocycles. The van der Waals surface area contributed by atoms with E-state index in [-0.39, 0.29) is 0 Å². The van der Waals surface area contributed by atoms with E-state index in [0.717, 1.165) is 17.1 Å². The normalized spacial score (nSPS) is 11.5. The van der Waals surface area contributed by atoms with Gasteiger partial charge in [-0.25, -0.2) is 0 Å². The molecule has 0 saturated carbocycles. The molecule has 9 aromatic rings. The van der Waals surface area contributed by atoms with E-state index in [1.807, 2.05) is 11.3 Å². The van der Waals surface area contributed by atoms with Crippen LogP contribution in [0.4, 0.5) is 17.1 Å². The van der Waals surface area contributed by atoms with E-state index in [0.29, 0.717) is 0 Å². The van der Waals surface area contributed by atoms with Crippen molar-refractivity contribution in [1.82, 2.24) is 0 Å². The minimum absolute atomic E-state index is 1.12. The Balaban J connectivity index is 1.26. The van der Waals surface area contributed by atoms with Crippen LogP contribution in [-0.2, 0) is 0 Å². The molecular weight excluding hydrogens is 575 g/mol. The summed E-state index contributed by atoms with van der Waals surface area (Å²) in [5, 5.41) is 7.69. The van der Waals surface area contributed by atoms with E-state index in [2.05, 4.69) is 181 Å². The average Bonchev–Trinajstić information content (AvgIpc) is 3.52. The lowest BCUT2D eigenvalue weighted by molar-refractivity contribution is 1.30. The van der Waals surface area contributed by atoms with Gasteiger partial charge in [0.15, 0.2) is 0 Å². The number of thiophene rings is 1. The Bertz CT molecular complexity index is 2530. The van der Waals surface area contributed by atoms with Gasteiger partial charge in [0, 0.05) is 36.8 Å². The van der Waals surface area contributed by atoms with Gasteiger partial charge < -0.3 is 4.90 Å². The molecule has 0 aliphatic heterocycles. The second kappa shape index (κ2) is 11.0. The number of para-hydroxylation sites is 1. The summed E-state index contributed by atoms with van der Waals surface area (Å²) in [4.78, 5) is 2.44. The Labute approximate surface area is 272 Å². The van der Waals surface area contributed by atoms with Crippen molar-refractivity contribution in [3.63, 3.8) is 0 Å². The highest BCUT2D eigenvalue weighted by Gasteiger charge is 2.20. The summed E-state index contributed by atoms with van der Waals surface area (Å²) >= 11 is 1.87. The van der Waals surface area contributed by atoms with Crippen LogP contribution < -0.4 is 4.90 Å². The number of benzene rings is 8. The molecule has 0 radical (unpaired) electrons. The second-order valence-corrected chi connectivity index (χ2v) is 12.8. The van der Waals surface area contributed by atoms with Crippen LogP contribution in [0.25, 0.3) is 64.0 Å². The smallest absolute Gasteiger partial charge is 0.0540 e. The van der Waals surface area contributed by atoms with Gasteiger partial charge >= 0.3 is 0 Å². The summed E-state index contributed by atoms with van der Waals surface area (Å²) in [5.74, 6) is 0. The van der Waals surface area contributed by atoms with Crippen molar-refractivity contribution in [3.05, 3.63) is 176 Å². The zero-order valence-corrected chi connectivity index (χ0v) is 25.9. The molecule has 0 bridgehead atoms. The third-order valence-electron chi connectivity index (χ3n) is 9.06. The number of hydrogen-bond acceptors (Lipinski definition) is 2. The number of fused-ring (bicyclic) bond motifs is 6. The van der Waals surface area contributed by atoms with Crippen molar-refractivity contribution in [2.24, 2.45) is 0 Å². The Morgan fingerprint density at radius 2 is 1.07 bits per heavy atom. The maximum atomic E-state index is 2.44. The van der Waals surface area contributed by atoms with Crippen molar-refractivity contribution in [1.29, 1.82) is 0 Å². The zero-order chi connectivity index (χ0) is 30.5. The molecule has 1 nitrogen and oxygen atoms in total. The number of rotatable bonds is 5. The summed E-state index contributed by atoms with van der Waals surface area (Å²) in [6.07, 6.45) is 0. The fourth-order valence-electron chi connectivity index (χ4n) is 6.87. The summed E-state index contributed by atoms with van der Waals surface area (Å²) in [5.41, 5.74) is 8.25. The molecular formula is C44H29NS. The van der Waals surface area contributed by atoms with Gasteiger partial charge in [-0.15, -0.1) is 11.3 Å². The van der Waals surface area contributed by atoms with Crippen LogP contribution in [0.3, 0.4) is 0 Å². The minimum atomic E-state index is 1.12. The average molecular weight is 604 g/mol. The number of hydrogen-bond donors (Lipinski definition) is 0. The van der Waals surface area contributed by atoms with Crippen LogP contribution in [0.15, 0.2) is 176 Å². The first-order valence-electron chi connectivity index (χ1n) is 15.7. The Kier molecular flexibility index (Phi) is 6.40. The van der Waals surface area contributed by atoms with Gasteiger partial charge in [0.25, 0.3) is 0 Å². The lowest BCUT2D eigenvalue weighted by Crippen LogP contribution is -2.11. The van der Waals surface area contributed by atoms with Crippen LogP contribution in [0.2, 0.25) is 0 Å². The third-order valence-corrected chi connectivity index (χ3v) is 10.2. The Hall–Kier alpha value is -5.70. The molecule has 0 saturated heterocycles. The third kappa shape index (κ3) is 4.46. The Morgan fingerprint density at radius 3 is 1.96 bits per heavy atom. The molecule has 46 heavy (non-hydrogen) atoms. The lowest BCUT2D eigenvalue weighted by Gasteiger charge is -2.29. The van der Waals surface area contributed by atoms with Crippen molar-refractivity contribution < 1.29 is 0 Å². The van der Waals surface area contributed by atoms with E-state index in [9.17, 15) is 0 Å². The summed E-state index contributed by atoms with van der Waals surface area (Å²) < 4.78 is 2.65. The number of nitrogens with zero attached hydrogens (tertiary/aromatic N) is 1. The minimum Gasteiger partial charge on any atom is -0.309 e. The lowest BCUT2D eigenvalue weighted by atomic mass is 9.98. The summed E-state index contributed by atoms with van der Waals surface area (Å²) in [7, 11) is 0. The predicted octanol–water partition coefficient (Wildman–Crippen LogP) is 13.2. The first-order valence-corrected chi connectivity index (χ1v) is 16.5. The van der Waals surface area contributed by atoms with E-state index >= 15 is 0 Å². The topological polar surface area (TPSA) is 3.24 Å². The van der Waals surface area contributed by atoms with E-state index in [1.54, 1.807) is 0 Å². The first kappa shape index (κ1) is 26.7. The molecule has 2 heteroatoms. The molecule has 0 aliphatic rings. The molecule has 8 aromatic carbocycles. The fraction of sp³-hybridized carbons (Fsp3) is 0. The highest BCUT2D eigenvalue weighted by molar-refractivity contribution is 7.26. The van der Waals surface area contributed by atoms with Crippen molar-refractivity contribution in [3.8, 4) is 22.3 Å². The SMILES string of the molecule is c1ccc(-c2ccccc2N(c2ccc(-c3ccc4ccccc4c3)cc2)c2cccc3c2ccc2sc4ccccc4c23)cc1. The monoisotopic (exact) mass is 603 g/mol. The van der Waals surface area contributed by atoms with Gasteiger partial charge in [-0.2, -0.15) is 0 Å². The van der Waals surface area contributed by atoms with E-state index in [1.165, 1.54) is 64.0 Å². The van der Waals surface area contributed by atoms with Gasteiger partial charge in [0.1, 0.15) is 0 Å². The molecule has 0 amide bonds. The molecule has 0 unspecified atom stereocenters. The summed E-state index contributed by atoms with van der Waals surface area (Å²) in [6, 6.07) is 63.9. The number of anilines is 3. The molecule has 0 spiro atoms. The zero-order valence-electron chi connectivity index (χ0n) is 25.1. The molecule has 1 heterocycles. The fourth-order valence-corrected chi connectivity index (χ4v) is 7.99. The maximum Gasteiger partial charge on any atom is 0.0540 e. The molecule has 1 aromatic heterocycles. The van der Waals surface area contributed by atoms with Crippen LogP contribution in [0.1, 0.15) is 0 Å². The van der Waals surface area contributed by atoms with Gasteiger partial charge in [-0.3, -0.25) is 0 Å². The van der Waals surface area contributed by atoms with Crippen LogP contribution in [0, 0.1) is 0 Å². The van der Waals surface area contributed by atoms with E-state index < -0.39 is 0 Å². The molecule has 0 atom stereocenters. The predicted molar refractivity (Wildman–Crippen MR) is 200 cm³/mol.